The van der Waals surface area contributed by atoms with E-state index < -0.39 is 0 Å². The van der Waals surface area contributed by atoms with Crippen LogP contribution in [0.25, 0.3) is 0 Å². The van der Waals surface area contributed by atoms with Gasteiger partial charge in [0, 0.05) is 23.7 Å². The SMILES string of the molecule is CN1CC[C@]2(CNc3ccccc32)C1c1ccccc1. The molecule has 1 N–H and O–H groups in total. The number of nitrogens with zero attached hydrogens (tertiary/aromatic N) is 1. The first kappa shape index (κ1) is 12.0. The van der Waals surface area contributed by atoms with Crippen LogP contribution in [0, 0.1) is 0 Å². The highest BCUT2D eigenvalue weighted by molar-refractivity contribution is 5.62. The number of rotatable bonds is 1. The smallest absolute Gasteiger partial charge is 0.0459 e. The third-order valence-corrected chi connectivity index (χ3v) is 5.05. The number of nitrogens with one attached hydrogen (secondary N) is 1. The van der Waals surface area contributed by atoms with Gasteiger partial charge < -0.3 is 5.32 Å². The van der Waals surface area contributed by atoms with E-state index in [1.807, 2.05) is 0 Å². The number of anilines is 1. The van der Waals surface area contributed by atoms with E-state index in [1.165, 1.54) is 23.2 Å². The minimum atomic E-state index is 0.229. The molecule has 20 heavy (non-hydrogen) atoms. The van der Waals surface area contributed by atoms with Crippen LogP contribution in [-0.2, 0) is 5.41 Å². The van der Waals surface area contributed by atoms with E-state index in [9.17, 15) is 0 Å². The van der Waals surface area contributed by atoms with Crippen LogP contribution < -0.4 is 5.32 Å². The van der Waals surface area contributed by atoms with E-state index in [-0.39, 0.29) is 5.41 Å². The molecule has 0 radical (unpaired) electrons. The lowest BCUT2D eigenvalue weighted by Gasteiger charge is -2.34. The number of hydrogen-bond donors (Lipinski definition) is 1. The van der Waals surface area contributed by atoms with Gasteiger partial charge in [-0.1, -0.05) is 48.5 Å². The quantitative estimate of drug-likeness (QED) is 0.849. The van der Waals surface area contributed by atoms with Crippen LogP contribution in [0.15, 0.2) is 54.6 Å². The third kappa shape index (κ3) is 1.55. The molecule has 0 aliphatic carbocycles. The standard InChI is InChI=1S/C18H20N2/c1-20-12-11-18(17(20)14-7-3-2-4-8-14)13-19-16-10-6-5-9-15(16)18/h2-10,17,19H,11-13H2,1H3/t17?,18-/m1/s1. The largest absolute Gasteiger partial charge is 0.384 e. The van der Waals surface area contributed by atoms with Crippen molar-refractivity contribution in [2.45, 2.75) is 17.9 Å². The van der Waals surface area contributed by atoms with Crippen LogP contribution in [0.1, 0.15) is 23.6 Å². The maximum Gasteiger partial charge on any atom is 0.0459 e. The Morgan fingerprint density at radius 2 is 1.80 bits per heavy atom. The average Bonchev–Trinajstić information content (AvgIpc) is 3.03. The van der Waals surface area contributed by atoms with Gasteiger partial charge >= 0.3 is 0 Å². The molecule has 1 saturated heterocycles. The molecule has 102 valence electrons. The first-order valence-corrected chi connectivity index (χ1v) is 7.40. The van der Waals surface area contributed by atoms with Crippen molar-refractivity contribution in [3.63, 3.8) is 0 Å². The number of hydrogen-bond acceptors (Lipinski definition) is 2. The maximum atomic E-state index is 3.63. The maximum absolute atomic E-state index is 3.63. The predicted octanol–water partition coefficient (Wildman–Crippen LogP) is 3.43. The molecule has 0 amide bonds. The highest BCUT2D eigenvalue weighted by atomic mass is 15.2. The minimum Gasteiger partial charge on any atom is -0.384 e. The van der Waals surface area contributed by atoms with Gasteiger partial charge in [-0.2, -0.15) is 0 Å². The van der Waals surface area contributed by atoms with Gasteiger partial charge in [0.05, 0.1) is 0 Å². The molecular formula is C18H20N2. The zero-order valence-corrected chi connectivity index (χ0v) is 11.8. The molecule has 0 saturated carbocycles. The summed E-state index contributed by atoms with van der Waals surface area (Å²) in [4.78, 5) is 2.51. The lowest BCUT2D eigenvalue weighted by atomic mass is 9.73. The van der Waals surface area contributed by atoms with Crippen LogP contribution >= 0.6 is 0 Å². The third-order valence-electron chi connectivity index (χ3n) is 5.05. The molecule has 2 heteroatoms. The Hall–Kier alpha value is -1.80. The summed E-state index contributed by atoms with van der Waals surface area (Å²) in [5, 5.41) is 3.63. The summed E-state index contributed by atoms with van der Waals surface area (Å²) in [5.41, 5.74) is 4.49. The van der Waals surface area contributed by atoms with Gasteiger partial charge in [-0.05, 0) is 37.2 Å². The second kappa shape index (κ2) is 4.35. The van der Waals surface area contributed by atoms with E-state index >= 15 is 0 Å². The summed E-state index contributed by atoms with van der Waals surface area (Å²) in [5.74, 6) is 0. The molecule has 1 fully saturated rings. The first-order valence-electron chi connectivity index (χ1n) is 7.40. The second-order valence-corrected chi connectivity index (χ2v) is 6.10. The monoisotopic (exact) mass is 264 g/mol. The Bertz CT molecular complexity index is 618. The molecule has 2 heterocycles. The Kier molecular flexibility index (Phi) is 2.61. The number of likely N-dealkylation sites (N-methyl/N-ethyl adjacent to an activating group) is 1. The molecule has 2 atom stereocenters. The summed E-state index contributed by atoms with van der Waals surface area (Å²) in [7, 11) is 2.26. The van der Waals surface area contributed by atoms with Crippen molar-refractivity contribution in [3.8, 4) is 0 Å². The van der Waals surface area contributed by atoms with Gasteiger partial charge in [-0.25, -0.2) is 0 Å². The zero-order chi connectivity index (χ0) is 13.6. The fraction of sp³-hybridized carbons (Fsp3) is 0.333. The van der Waals surface area contributed by atoms with Crippen molar-refractivity contribution in [2.75, 3.05) is 25.5 Å². The van der Waals surface area contributed by atoms with Crippen LogP contribution in [0.5, 0.6) is 0 Å². The minimum absolute atomic E-state index is 0.229. The van der Waals surface area contributed by atoms with Crippen molar-refractivity contribution in [3.05, 3.63) is 65.7 Å². The Balaban J connectivity index is 1.86. The Morgan fingerprint density at radius 3 is 2.65 bits per heavy atom. The van der Waals surface area contributed by atoms with E-state index in [1.54, 1.807) is 0 Å². The molecule has 0 aromatic heterocycles. The molecule has 2 aliphatic rings. The number of fused-ring (bicyclic) bond motifs is 2. The molecular weight excluding hydrogens is 244 g/mol. The summed E-state index contributed by atoms with van der Waals surface area (Å²) < 4.78 is 0. The van der Waals surface area contributed by atoms with Gasteiger partial charge in [0.2, 0.25) is 0 Å². The van der Waals surface area contributed by atoms with E-state index in [0.29, 0.717) is 6.04 Å². The number of likely N-dealkylation sites (tertiary alicyclic amines) is 1. The van der Waals surface area contributed by atoms with Crippen molar-refractivity contribution in [1.82, 2.24) is 4.90 Å². The molecule has 2 aromatic carbocycles. The molecule has 1 unspecified atom stereocenters. The molecule has 2 aliphatic heterocycles. The average molecular weight is 264 g/mol. The van der Waals surface area contributed by atoms with E-state index in [2.05, 4.69) is 71.9 Å². The van der Waals surface area contributed by atoms with Crippen LogP contribution in [0.2, 0.25) is 0 Å². The summed E-state index contributed by atoms with van der Waals surface area (Å²) in [6.07, 6.45) is 1.23. The fourth-order valence-corrected chi connectivity index (χ4v) is 4.16. The summed E-state index contributed by atoms with van der Waals surface area (Å²) in [6.45, 7) is 2.21. The second-order valence-electron chi connectivity index (χ2n) is 6.10. The van der Waals surface area contributed by atoms with Gasteiger partial charge in [-0.3, -0.25) is 4.90 Å². The molecule has 0 bridgehead atoms. The summed E-state index contributed by atoms with van der Waals surface area (Å²) >= 11 is 0. The van der Waals surface area contributed by atoms with Gasteiger partial charge in [-0.15, -0.1) is 0 Å². The highest BCUT2D eigenvalue weighted by Gasteiger charge is 2.51. The van der Waals surface area contributed by atoms with E-state index in [4.69, 9.17) is 0 Å². The lowest BCUT2D eigenvalue weighted by molar-refractivity contribution is 0.259. The summed E-state index contributed by atoms with van der Waals surface area (Å²) in [6, 6.07) is 20.3. The highest BCUT2D eigenvalue weighted by Crippen LogP contribution is 2.53. The first-order chi connectivity index (χ1) is 9.81. The molecule has 2 aromatic rings. The Labute approximate surface area is 120 Å². The fourth-order valence-electron chi connectivity index (χ4n) is 4.16. The van der Waals surface area contributed by atoms with Crippen LogP contribution in [-0.4, -0.2) is 25.0 Å². The molecule has 4 rings (SSSR count). The number of benzene rings is 2. The van der Waals surface area contributed by atoms with Crippen LogP contribution in [0.3, 0.4) is 0 Å². The van der Waals surface area contributed by atoms with Crippen LogP contribution in [0.4, 0.5) is 5.69 Å². The normalized spacial score (nSPS) is 28.6. The van der Waals surface area contributed by atoms with Crippen molar-refractivity contribution >= 4 is 5.69 Å². The van der Waals surface area contributed by atoms with Gasteiger partial charge in [0.25, 0.3) is 0 Å². The van der Waals surface area contributed by atoms with Gasteiger partial charge in [0.15, 0.2) is 0 Å². The topological polar surface area (TPSA) is 15.3 Å². The van der Waals surface area contributed by atoms with Crippen molar-refractivity contribution in [2.24, 2.45) is 0 Å². The van der Waals surface area contributed by atoms with Crippen molar-refractivity contribution < 1.29 is 0 Å². The number of para-hydroxylation sites is 1. The molecule has 2 nitrogen and oxygen atoms in total. The Morgan fingerprint density at radius 1 is 1.05 bits per heavy atom. The van der Waals surface area contributed by atoms with E-state index in [0.717, 1.165) is 13.1 Å². The lowest BCUT2D eigenvalue weighted by Crippen LogP contribution is -2.35. The predicted molar refractivity (Wildman–Crippen MR) is 83.0 cm³/mol. The molecule has 1 spiro atoms. The van der Waals surface area contributed by atoms with Gasteiger partial charge in [0.1, 0.15) is 0 Å². The zero-order valence-electron chi connectivity index (χ0n) is 11.8. The van der Waals surface area contributed by atoms with Crippen molar-refractivity contribution in [1.29, 1.82) is 0 Å².